The van der Waals surface area contributed by atoms with Crippen molar-refractivity contribution in [3.63, 3.8) is 0 Å². The van der Waals surface area contributed by atoms with Gasteiger partial charge in [0.2, 0.25) is 0 Å². The van der Waals surface area contributed by atoms with Crippen molar-refractivity contribution in [1.29, 1.82) is 0 Å². The van der Waals surface area contributed by atoms with Crippen molar-refractivity contribution in [2.75, 3.05) is 0 Å². The first-order chi connectivity index (χ1) is 31.8. The summed E-state index contributed by atoms with van der Waals surface area (Å²) in [4.78, 5) is 15.0. The second-order valence-electron chi connectivity index (χ2n) is 14.1. The second-order valence-corrected chi connectivity index (χ2v) is 14.1. The summed E-state index contributed by atoms with van der Waals surface area (Å²) < 4.78 is 4.68. The quantitative estimate of drug-likeness (QED) is 0.168. The summed E-state index contributed by atoms with van der Waals surface area (Å²) in [6.45, 7) is 16.0. The summed E-state index contributed by atoms with van der Waals surface area (Å²) in [5.41, 5.74) is 14.9. The Labute approximate surface area is 378 Å². The highest BCUT2D eigenvalue weighted by atomic mass is 15.0. The highest BCUT2D eigenvalue weighted by molar-refractivity contribution is 6.11. The molecule has 11 aromatic rings. The van der Waals surface area contributed by atoms with E-state index in [1.165, 1.54) is 27.4 Å². The monoisotopic (exact) mass is 835 g/mol. The highest BCUT2D eigenvalue weighted by Gasteiger charge is 2.17. The van der Waals surface area contributed by atoms with Crippen LogP contribution >= 0.6 is 0 Å². The number of pyridine rings is 1. The van der Waals surface area contributed by atoms with Gasteiger partial charge in [0.1, 0.15) is 0 Å². The zero-order chi connectivity index (χ0) is 45.0. The number of aromatic nitrogens is 5. The largest absolute Gasteiger partial charge is 0.309 e. The fraction of sp³-hybridized carbons (Fsp3) is 0.136. The molecule has 64 heavy (non-hydrogen) atoms. The van der Waals surface area contributed by atoms with E-state index >= 15 is 0 Å². The van der Waals surface area contributed by atoms with E-state index in [4.69, 9.17) is 15.0 Å². The van der Waals surface area contributed by atoms with Gasteiger partial charge in [0.05, 0.1) is 39.0 Å². The van der Waals surface area contributed by atoms with Gasteiger partial charge >= 0.3 is 0 Å². The van der Waals surface area contributed by atoms with E-state index in [1.807, 2.05) is 104 Å². The molecule has 7 aromatic carbocycles. The maximum absolute atomic E-state index is 5.07. The van der Waals surface area contributed by atoms with Crippen molar-refractivity contribution in [1.82, 2.24) is 24.1 Å². The Balaban J connectivity index is 0.000000728. The Hall–Kier alpha value is -7.63. The van der Waals surface area contributed by atoms with E-state index < -0.39 is 0 Å². The van der Waals surface area contributed by atoms with Crippen LogP contribution in [0, 0.1) is 0 Å². The maximum Gasteiger partial charge on any atom is 0.160 e. The fourth-order valence-electron chi connectivity index (χ4n) is 8.15. The minimum Gasteiger partial charge on any atom is -0.309 e. The van der Waals surface area contributed by atoms with Gasteiger partial charge in [-0.3, -0.25) is 4.98 Å². The molecular weight excluding hydrogens is 779 g/mol. The molecule has 0 aliphatic carbocycles. The first-order valence-corrected chi connectivity index (χ1v) is 22.9. The van der Waals surface area contributed by atoms with Crippen LogP contribution in [0.2, 0.25) is 0 Å². The lowest BCUT2D eigenvalue weighted by Gasteiger charge is -2.12. The molecule has 0 aliphatic rings. The summed E-state index contributed by atoms with van der Waals surface area (Å²) in [6, 6.07) is 68.3. The number of rotatable bonds is 6. The van der Waals surface area contributed by atoms with E-state index in [0.717, 1.165) is 67.0 Å². The van der Waals surface area contributed by atoms with Crippen LogP contribution in [0.3, 0.4) is 0 Å². The first-order valence-electron chi connectivity index (χ1n) is 22.9. The van der Waals surface area contributed by atoms with Crippen LogP contribution in [0.1, 0.15) is 55.4 Å². The molecule has 5 heteroatoms. The molecule has 0 atom stereocenters. The third-order valence-electron chi connectivity index (χ3n) is 10.8. The van der Waals surface area contributed by atoms with E-state index in [-0.39, 0.29) is 0 Å². The fourth-order valence-corrected chi connectivity index (χ4v) is 8.15. The smallest absolute Gasteiger partial charge is 0.160 e. The molecule has 11 rings (SSSR count). The molecule has 318 valence electrons. The Morgan fingerprint density at radius 1 is 0.312 bits per heavy atom. The van der Waals surface area contributed by atoms with Gasteiger partial charge in [-0.05, 0) is 96.1 Å². The number of nitrogens with zero attached hydrogens (tertiary/aromatic N) is 5. The first kappa shape index (κ1) is 44.4. The number of fused-ring (bicyclic) bond motifs is 6. The minimum atomic E-state index is 0.687. The topological polar surface area (TPSA) is 48.5 Å². The van der Waals surface area contributed by atoms with Crippen molar-refractivity contribution in [2.45, 2.75) is 55.4 Å². The normalized spacial score (nSPS) is 10.5. The van der Waals surface area contributed by atoms with E-state index in [2.05, 4.69) is 161 Å². The van der Waals surface area contributed by atoms with Crippen LogP contribution in [0.5, 0.6) is 0 Å². The van der Waals surface area contributed by atoms with Crippen LogP contribution < -0.4 is 0 Å². The van der Waals surface area contributed by atoms with Crippen molar-refractivity contribution in [2.24, 2.45) is 0 Å². The van der Waals surface area contributed by atoms with Gasteiger partial charge in [0.15, 0.2) is 5.82 Å². The van der Waals surface area contributed by atoms with Crippen molar-refractivity contribution >= 4 is 43.7 Å². The molecule has 0 N–H and O–H groups in total. The van der Waals surface area contributed by atoms with Gasteiger partial charge in [0, 0.05) is 50.4 Å². The zero-order valence-corrected chi connectivity index (χ0v) is 38.3. The van der Waals surface area contributed by atoms with Gasteiger partial charge < -0.3 is 9.13 Å². The molecule has 0 saturated heterocycles. The minimum absolute atomic E-state index is 0.687. The van der Waals surface area contributed by atoms with Crippen molar-refractivity contribution < 1.29 is 0 Å². The number of hydrogen-bond donors (Lipinski definition) is 0. The zero-order valence-electron chi connectivity index (χ0n) is 38.3. The van der Waals surface area contributed by atoms with Gasteiger partial charge in [-0.25, -0.2) is 9.97 Å². The van der Waals surface area contributed by atoms with Gasteiger partial charge in [-0.1, -0.05) is 165 Å². The average molecular weight is 836 g/mol. The number of hydrogen-bond acceptors (Lipinski definition) is 3. The Bertz CT molecular complexity index is 3160. The van der Waals surface area contributed by atoms with Crippen LogP contribution in [-0.4, -0.2) is 24.1 Å². The highest BCUT2D eigenvalue weighted by Crippen LogP contribution is 2.38. The Morgan fingerprint density at radius 2 is 0.797 bits per heavy atom. The predicted octanol–water partition coefficient (Wildman–Crippen LogP) is 16.8. The Morgan fingerprint density at radius 3 is 1.44 bits per heavy atom. The molecule has 0 aliphatic heterocycles. The van der Waals surface area contributed by atoms with Gasteiger partial charge in [-0.2, -0.15) is 0 Å². The second kappa shape index (κ2) is 21.0. The molecule has 0 saturated carbocycles. The average Bonchev–Trinajstić information content (AvgIpc) is 3.91. The third kappa shape index (κ3) is 8.58. The predicted molar refractivity (Wildman–Crippen MR) is 276 cm³/mol. The van der Waals surface area contributed by atoms with Crippen molar-refractivity contribution in [3.8, 4) is 56.4 Å². The maximum atomic E-state index is 5.07. The standard InChI is InChI=1S/C51H33N5.4C2H6/c1-4-13-34(14-5-1)44-33-45(35-15-6-2-7-16-35)54-51(53-44)36-22-26-40(27-23-36)56-48-21-12-30-52-50(48)42-28-24-38(32-49(42)56)37-25-29-47-43(31-37)41-19-10-11-20-46(41)55(47)39-17-8-3-9-18-39;4*1-2/h1-33H;4*1-2H3. The lowest BCUT2D eigenvalue weighted by Crippen LogP contribution is -1.97. The third-order valence-corrected chi connectivity index (χ3v) is 10.8. The van der Waals surface area contributed by atoms with E-state index in [0.29, 0.717) is 5.82 Å². The van der Waals surface area contributed by atoms with Crippen molar-refractivity contribution in [3.05, 3.63) is 200 Å². The molecule has 0 amide bonds. The molecule has 0 radical (unpaired) electrons. The van der Waals surface area contributed by atoms with Gasteiger partial charge in [-0.15, -0.1) is 0 Å². The summed E-state index contributed by atoms with van der Waals surface area (Å²) in [6.07, 6.45) is 1.88. The summed E-state index contributed by atoms with van der Waals surface area (Å²) >= 11 is 0. The molecule has 5 nitrogen and oxygen atoms in total. The molecule has 0 bridgehead atoms. The molecule has 0 fully saturated rings. The van der Waals surface area contributed by atoms with Gasteiger partial charge in [0.25, 0.3) is 0 Å². The molecular formula is C59H57N5. The lowest BCUT2D eigenvalue weighted by atomic mass is 10.0. The molecule has 0 spiro atoms. The summed E-state index contributed by atoms with van der Waals surface area (Å²) in [5.74, 6) is 0.687. The lowest BCUT2D eigenvalue weighted by molar-refractivity contribution is 1.16. The van der Waals surface area contributed by atoms with E-state index in [1.54, 1.807) is 0 Å². The molecule has 4 aromatic heterocycles. The van der Waals surface area contributed by atoms with Crippen LogP contribution in [-0.2, 0) is 0 Å². The van der Waals surface area contributed by atoms with Crippen LogP contribution in [0.25, 0.3) is 100 Å². The number of para-hydroxylation sites is 2. The summed E-state index contributed by atoms with van der Waals surface area (Å²) in [5, 5.41) is 3.58. The van der Waals surface area contributed by atoms with Crippen LogP contribution in [0.4, 0.5) is 0 Å². The summed E-state index contributed by atoms with van der Waals surface area (Å²) in [7, 11) is 0. The van der Waals surface area contributed by atoms with Crippen LogP contribution in [0.15, 0.2) is 200 Å². The molecule has 4 heterocycles. The Kier molecular flexibility index (Phi) is 14.5. The SMILES string of the molecule is CC.CC.CC.CC.c1ccc(-c2cc(-c3ccccc3)nc(-c3ccc(-n4c5cc(-c6ccc7c(c6)c6ccccc6n7-c6ccccc6)ccc5c5ncccc54)cc3)n2)cc1. The molecule has 0 unspecified atom stereocenters. The number of benzene rings is 7. The van der Waals surface area contributed by atoms with E-state index in [9.17, 15) is 0 Å².